The first kappa shape index (κ1) is 18.0. The smallest absolute Gasteiger partial charge is 0.254 e. The molecular weight excluding hydrogens is 300 g/mol. The van der Waals surface area contributed by atoms with E-state index in [9.17, 15) is 0 Å². The number of carbonyl (C=O) groups is 1. The molecule has 0 atom stereocenters. The summed E-state index contributed by atoms with van der Waals surface area (Å²) in [7, 11) is 4.95. The van der Waals surface area contributed by atoms with Crippen LogP contribution in [0.4, 0.5) is 5.69 Å². The van der Waals surface area contributed by atoms with Gasteiger partial charge in [-0.2, -0.15) is 0 Å². The molecule has 1 heterocycles. The predicted octanol–water partition coefficient (Wildman–Crippen LogP) is 2.04. The van der Waals surface area contributed by atoms with E-state index in [0.717, 1.165) is 29.6 Å². The Morgan fingerprint density at radius 2 is 1.83 bits per heavy atom. The topological polar surface area (TPSA) is 98.7 Å². The quantitative estimate of drug-likeness (QED) is 0.386. The fraction of sp³-hybridized carbons (Fsp3) is 0.267. The lowest BCUT2D eigenvalue weighted by molar-refractivity contribution is -0.107. The first-order valence-electron chi connectivity index (χ1n) is 6.66. The van der Waals surface area contributed by atoms with Crippen LogP contribution >= 0.6 is 0 Å². The Kier molecular flexibility index (Phi) is 7.70. The lowest BCUT2D eigenvalue weighted by Crippen LogP contribution is -2.26. The number of nitrogens with two attached hydrogens (primary N) is 1. The number of methoxy groups -OCH3 is 3. The molecule has 0 radical (unpaired) electrons. The Morgan fingerprint density at radius 3 is 2.26 bits per heavy atom. The van der Waals surface area contributed by atoms with Crippen molar-refractivity contribution in [2.45, 2.75) is 0 Å². The number of benzene rings is 1. The molecule has 0 aliphatic carbocycles. The zero-order valence-electron chi connectivity index (χ0n) is 13.3. The number of hydrogen-bond acceptors (Lipinski definition) is 6. The molecule has 1 amide bonds. The number of hydrogen-bond donors (Lipinski definition) is 1. The second-order valence-corrected chi connectivity index (χ2v) is 4.10. The second kappa shape index (κ2) is 9.82. The van der Waals surface area contributed by atoms with E-state index in [0.29, 0.717) is 0 Å². The van der Waals surface area contributed by atoms with Crippen LogP contribution in [0.25, 0.3) is 0 Å². The van der Waals surface area contributed by atoms with E-state index in [2.05, 4.69) is 22.3 Å². The number of anilines is 1. The SMILES string of the molecule is COC1=CC=CCN1c1c(OC)cccc1OC.NN=NC=O. The van der Waals surface area contributed by atoms with Crippen molar-refractivity contribution < 1.29 is 19.0 Å². The Bertz CT molecular complexity index is 577. The molecule has 1 aromatic carbocycles. The summed E-state index contributed by atoms with van der Waals surface area (Å²) in [6.07, 6.45) is 6.20. The molecule has 2 rings (SSSR count). The van der Waals surface area contributed by atoms with E-state index in [1.54, 1.807) is 21.3 Å². The maximum absolute atomic E-state index is 9.06. The summed E-state index contributed by atoms with van der Waals surface area (Å²) in [6, 6.07) is 5.71. The van der Waals surface area contributed by atoms with Gasteiger partial charge in [0.1, 0.15) is 17.2 Å². The number of amides is 1. The molecule has 0 aromatic heterocycles. The average molecular weight is 320 g/mol. The first-order valence-corrected chi connectivity index (χ1v) is 6.66. The third kappa shape index (κ3) is 4.73. The molecule has 8 heteroatoms. The molecule has 0 spiro atoms. The molecule has 1 aliphatic rings. The molecule has 124 valence electrons. The standard InChI is InChI=1S/C14H17NO3.CH3N3O/c1-16-11-7-6-8-12(17-2)14(11)15-10-5-4-9-13(15)18-3;2-4-3-1-5/h4-9H,10H2,1-3H3;1H,(H2,2,3,5). The van der Waals surface area contributed by atoms with E-state index in [-0.39, 0.29) is 6.41 Å². The van der Waals surface area contributed by atoms with Crippen molar-refractivity contribution in [1.29, 1.82) is 0 Å². The Balaban J connectivity index is 0.000000463. The maximum Gasteiger partial charge on any atom is 0.254 e. The fourth-order valence-corrected chi connectivity index (χ4v) is 2.00. The van der Waals surface area contributed by atoms with Gasteiger partial charge < -0.3 is 25.0 Å². The van der Waals surface area contributed by atoms with Gasteiger partial charge in [-0.05, 0) is 18.2 Å². The zero-order chi connectivity index (χ0) is 17.1. The Hall–Kier alpha value is -3.03. The van der Waals surface area contributed by atoms with Gasteiger partial charge in [0.15, 0.2) is 5.88 Å². The fourth-order valence-electron chi connectivity index (χ4n) is 2.00. The molecule has 23 heavy (non-hydrogen) atoms. The highest BCUT2D eigenvalue weighted by Crippen LogP contribution is 2.40. The molecule has 1 aliphatic heterocycles. The lowest BCUT2D eigenvalue weighted by atomic mass is 10.2. The number of nitrogens with zero attached hydrogens (tertiary/aromatic N) is 3. The van der Waals surface area contributed by atoms with Gasteiger partial charge in [-0.1, -0.05) is 28.6 Å². The second-order valence-electron chi connectivity index (χ2n) is 4.10. The van der Waals surface area contributed by atoms with E-state index in [4.69, 9.17) is 19.0 Å². The first-order chi connectivity index (χ1) is 11.2. The van der Waals surface area contributed by atoms with Crippen LogP contribution in [0.5, 0.6) is 11.5 Å². The maximum atomic E-state index is 9.06. The molecule has 0 saturated carbocycles. The van der Waals surface area contributed by atoms with Crippen LogP contribution in [-0.4, -0.2) is 34.3 Å². The van der Waals surface area contributed by atoms with E-state index < -0.39 is 0 Å². The number of carbonyl (C=O) groups excluding carboxylic acids is 1. The predicted molar refractivity (Wildman–Crippen MR) is 86.2 cm³/mol. The highest BCUT2D eigenvalue weighted by atomic mass is 16.5. The minimum Gasteiger partial charge on any atom is -0.494 e. The van der Waals surface area contributed by atoms with Crippen LogP contribution in [0.2, 0.25) is 0 Å². The normalized spacial score (nSPS) is 13.0. The van der Waals surface area contributed by atoms with Crippen LogP contribution in [-0.2, 0) is 9.53 Å². The molecule has 8 nitrogen and oxygen atoms in total. The third-order valence-corrected chi connectivity index (χ3v) is 2.92. The summed E-state index contributed by atoms with van der Waals surface area (Å²) in [5.74, 6) is 6.64. The summed E-state index contributed by atoms with van der Waals surface area (Å²) in [6.45, 7) is 0.719. The average Bonchev–Trinajstić information content (AvgIpc) is 2.62. The van der Waals surface area contributed by atoms with E-state index in [1.807, 2.05) is 35.3 Å². The summed E-state index contributed by atoms with van der Waals surface area (Å²) in [5.41, 5.74) is 0.875. The van der Waals surface area contributed by atoms with Crippen LogP contribution < -0.4 is 20.2 Å². The van der Waals surface area contributed by atoms with Crippen molar-refractivity contribution in [1.82, 2.24) is 0 Å². The van der Waals surface area contributed by atoms with Crippen LogP contribution in [0.1, 0.15) is 0 Å². The van der Waals surface area contributed by atoms with Gasteiger partial charge in [-0.15, -0.1) is 0 Å². The minimum absolute atomic E-state index is 0.264. The van der Waals surface area contributed by atoms with Crippen molar-refractivity contribution in [3.8, 4) is 11.5 Å². The van der Waals surface area contributed by atoms with Crippen molar-refractivity contribution in [3.63, 3.8) is 0 Å². The van der Waals surface area contributed by atoms with Crippen molar-refractivity contribution in [3.05, 3.63) is 42.3 Å². The lowest BCUT2D eigenvalue weighted by Gasteiger charge is -2.29. The number of para-hydroxylation sites is 1. The number of rotatable bonds is 5. The largest absolute Gasteiger partial charge is 0.494 e. The van der Waals surface area contributed by atoms with Gasteiger partial charge in [-0.3, -0.25) is 4.79 Å². The summed E-state index contributed by atoms with van der Waals surface area (Å²) >= 11 is 0. The number of allylic oxidation sites excluding steroid dienone is 2. The Morgan fingerprint density at radius 1 is 1.17 bits per heavy atom. The summed E-state index contributed by atoms with van der Waals surface area (Å²) in [4.78, 5) is 11.1. The monoisotopic (exact) mass is 320 g/mol. The molecule has 2 N–H and O–H groups in total. The Labute approximate surface area is 134 Å². The highest BCUT2D eigenvalue weighted by Gasteiger charge is 2.21. The zero-order valence-corrected chi connectivity index (χ0v) is 13.3. The molecule has 0 unspecified atom stereocenters. The summed E-state index contributed by atoms with van der Waals surface area (Å²) < 4.78 is 16.2. The van der Waals surface area contributed by atoms with Gasteiger partial charge in [0.25, 0.3) is 6.41 Å². The van der Waals surface area contributed by atoms with Crippen molar-refractivity contribution in [2.75, 3.05) is 32.8 Å². The number of ether oxygens (including phenoxy) is 3. The van der Waals surface area contributed by atoms with Crippen molar-refractivity contribution in [2.24, 2.45) is 16.2 Å². The molecule has 0 fully saturated rings. The minimum atomic E-state index is 0.264. The van der Waals surface area contributed by atoms with Gasteiger partial charge in [0.2, 0.25) is 0 Å². The van der Waals surface area contributed by atoms with Gasteiger partial charge in [0.05, 0.1) is 21.3 Å². The van der Waals surface area contributed by atoms with Gasteiger partial charge in [0, 0.05) is 6.54 Å². The van der Waals surface area contributed by atoms with Gasteiger partial charge in [-0.25, -0.2) is 0 Å². The third-order valence-electron chi connectivity index (χ3n) is 2.92. The van der Waals surface area contributed by atoms with Crippen LogP contribution in [0.3, 0.4) is 0 Å². The summed E-state index contributed by atoms with van der Waals surface area (Å²) in [5, 5.41) is 5.31. The molecule has 0 bridgehead atoms. The highest BCUT2D eigenvalue weighted by molar-refractivity contribution is 5.71. The van der Waals surface area contributed by atoms with Gasteiger partial charge >= 0.3 is 0 Å². The van der Waals surface area contributed by atoms with Crippen molar-refractivity contribution >= 4 is 12.1 Å². The van der Waals surface area contributed by atoms with Crippen LogP contribution in [0, 0.1) is 0 Å². The van der Waals surface area contributed by atoms with E-state index >= 15 is 0 Å². The molecular formula is C15H20N4O4. The molecule has 1 aromatic rings. The van der Waals surface area contributed by atoms with Crippen LogP contribution in [0.15, 0.2) is 52.6 Å². The molecule has 0 saturated heterocycles. The van der Waals surface area contributed by atoms with E-state index in [1.165, 1.54) is 0 Å².